The van der Waals surface area contributed by atoms with Crippen LogP contribution in [0.5, 0.6) is 5.75 Å². The van der Waals surface area contributed by atoms with E-state index >= 15 is 0 Å². The van der Waals surface area contributed by atoms with Crippen LogP contribution in [0, 0.1) is 0 Å². The highest BCUT2D eigenvalue weighted by molar-refractivity contribution is 6.07. The van der Waals surface area contributed by atoms with E-state index in [-0.39, 0.29) is 23.8 Å². The summed E-state index contributed by atoms with van der Waals surface area (Å²) >= 11 is 0. The molecule has 0 atom stereocenters. The Kier molecular flexibility index (Phi) is 3.01. The minimum atomic E-state index is -0.474. The second kappa shape index (κ2) is 4.48. The number of phenolic OH excluding ortho intramolecular Hbond substituents is 1. The van der Waals surface area contributed by atoms with Gasteiger partial charge in [-0.15, -0.1) is 0 Å². The summed E-state index contributed by atoms with van der Waals surface area (Å²) < 4.78 is 5.90. The Bertz CT molecular complexity index is 630. The highest BCUT2D eigenvalue weighted by atomic mass is 16.5. The summed E-state index contributed by atoms with van der Waals surface area (Å²) in [4.78, 5) is 22.7. The zero-order chi connectivity index (χ0) is 13.3. The molecule has 1 aromatic heterocycles. The molecule has 0 aliphatic rings. The summed E-state index contributed by atoms with van der Waals surface area (Å²) in [6.07, 6.45) is 0. The van der Waals surface area contributed by atoms with E-state index in [1.165, 1.54) is 24.8 Å². The fraction of sp³-hybridized carbons (Fsp3) is 0.250. The monoisotopic (exact) mass is 248 g/mol. The van der Waals surface area contributed by atoms with Crippen molar-refractivity contribution in [2.75, 3.05) is 7.11 Å². The number of aromatic hydroxyl groups is 1. The third-order valence-corrected chi connectivity index (χ3v) is 2.60. The highest BCUT2D eigenvalue weighted by Gasteiger charge is 2.18. The predicted molar refractivity (Wildman–Crippen MR) is 63.4 cm³/mol. The Morgan fingerprint density at radius 3 is 2.78 bits per heavy atom. The first kappa shape index (κ1) is 12.1. The fourth-order valence-electron chi connectivity index (χ4n) is 1.76. The molecule has 0 spiro atoms. The van der Waals surface area contributed by atoms with Gasteiger partial charge < -0.3 is 9.84 Å². The van der Waals surface area contributed by atoms with Gasteiger partial charge in [0, 0.05) is 6.92 Å². The van der Waals surface area contributed by atoms with Crippen molar-refractivity contribution in [3.63, 3.8) is 0 Å². The van der Waals surface area contributed by atoms with E-state index < -0.39 is 5.97 Å². The van der Waals surface area contributed by atoms with Gasteiger partial charge in [0.05, 0.1) is 18.0 Å². The standard InChI is InChI=1S/C12H12N2O4/c1-7(15)12-11-8(4-3-5-9(11)16)14(13-12)6-10(17)18-2/h3-5,16H,6H2,1-2H3. The molecule has 0 saturated heterocycles. The average Bonchev–Trinajstić information content (AvgIpc) is 2.70. The number of ketones is 1. The zero-order valence-electron chi connectivity index (χ0n) is 10.0. The van der Waals surface area contributed by atoms with Gasteiger partial charge in [0.1, 0.15) is 18.0 Å². The van der Waals surface area contributed by atoms with Gasteiger partial charge in [-0.1, -0.05) is 6.07 Å². The number of ether oxygens (including phenoxy) is 1. The molecule has 2 rings (SSSR count). The van der Waals surface area contributed by atoms with Gasteiger partial charge in [-0.05, 0) is 12.1 Å². The van der Waals surface area contributed by atoms with Gasteiger partial charge in [0.25, 0.3) is 0 Å². The fourth-order valence-corrected chi connectivity index (χ4v) is 1.76. The lowest BCUT2D eigenvalue weighted by Crippen LogP contribution is -2.13. The first-order valence-corrected chi connectivity index (χ1v) is 5.31. The summed E-state index contributed by atoms with van der Waals surface area (Å²) in [5, 5.41) is 14.2. The minimum Gasteiger partial charge on any atom is -0.507 e. The molecule has 0 radical (unpaired) electrons. The number of nitrogens with zero attached hydrogens (tertiary/aromatic N) is 2. The number of rotatable bonds is 3. The molecule has 1 N–H and O–H groups in total. The molecule has 0 amide bonds. The molecule has 2 aromatic rings. The van der Waals surface area contributed by atoms with Crippen molar-refractivity contribution in [1.29, 1.82) is 0 Å². The van der Waals surface area contributed by atoms with Gasteiger partial charge in [0.2, 0.25) is 0 Å². The van der Waals surface area contributed by atoms with Crippen molar-refractivity contribution in [2.45, 2.75) is 13.5 Å². The third-order valence-electron chi connectivity index (χ3n) is 2.60. The molecule has 18 heavy (non-hydrogen) atoms. The lowest BCUT2D eigenvalue weighted by atomic mass is 10.1. The number of aromatic nitrogens is 2. The number of benzene rings is 1. The van der Waals surface area contributed by atoms with E-state index in [1.807, 2.05) is 0 Å². The number of methoxy groups -OCH3 is 1. The number of fused-ring (bicyclic) bond motifs is 1. The van der Waals surface area contributed by atoms with Gasteiger partial charge in [-0.25, -0.2) is 0 Å². The van der Waals surface area contributed by atoms with Crippen LogP contribution in [-0.4, -0.2) is 33.7 Å². The topological polar surface area (TPSA) is 81.4 Å². The quantitative estimate of drug-likeness (QED) is 0.650. The summed E-state index contributed by atoms with van der Waals surface area (Å²) in [6, 6.07) is 4.77. The van der Waals surface area contributed by atoms with Crippen molar-refractivity contribution in [2.24, 2.45) is 0 Å². The van der Waals surface area contributed by atoms with Crippen LogP contribution >= 0.6 is 0 Å². The molecule has 6 nitrogen and oxygen atoms in total. The summed E-state index contributed by atoms with van der Waals surface area (Å²) in [5.41, 5.74) is 0.664. The highest BCUT2D eigenvalue weighted by Crippen LogP contribution is 2.28. The number of esters is 1. The second-order valence-corrected chi connectivity index (χ2v) is 3.81. The van der Waals surface area contributed by atoms with Crippen LogP contribution in [0.3, 0.4) is 0 Å². The van der Waals surface area contributed by atoms with Crippen molar-refractivity contribution >= 4 is 22.7 Å². The first-order chi connectivity index (χ1) is 8.54. The van der Waals surface area contributed by atoms with Crippen LogP contribution < -0.4 is 0 Å². The van der Waals surface area contributed by atoms with Gasteiger partial charge >= 0.3 is 5.97 Å². The lowest BCUT2D eigenvalue weighted by Gasteiger charge is -2.01. The Morgan fingerprint density at radius 1 is 1.44 bits per heavy atom. The summed E-state index contributed by atoms with van der Waals surface area (Å²) in [7, 11) is 1.28. The summed E-state index contributed by atoms with van der Waals surface area (Å²) in [6.45, 7) is 1.25. The molecule has 0 aliphatic carbocycles. The molecule has 0 bridgehead atoms. The van der Waals surface area contributed by atoms with E-state index in [0.717, 1.165) is 0 Å². The largest absolute Gasteiger partial charge is 0.507 e. The number of carbonyl (C=O) groups is 2. The smallest absolute Gasteiger partial charge is 0.327 e. The summed E-state index contributed by atoms with van der Waals surface area (Å²) in [5.74, 6) is -0.781. The molecule has 0 unspecified atom stereocenters. The molecule has 1 heterocycles. The number of carbonyl (C=O) groups excluding carboxylic acids is 2. The maximum atomic E-state index is 11.5. The van der Waals surface area contributed by atoms with Crippen LogP contribution in [0.15, 0.2) is 18.2 Å². The van der Waals surface area contributed by atoms with Crippen molar-refractivity contribution < 1.29 is 19.4 Å². The molecular formula is C12H12N2O4. The van der Waals surface area contributed by atoms with Crippen LogP contribution in [0.2, 0.25) is 0 Å². The van der Waals surface area contributed by atoms with Crippen molar-refractivity contribution in [1.82, 2.24) is 9.78 Å². The second-order valence-electron chi connectivity index (χ2n) is 3.81. The molecule has 94 valence electrons. The zero-order valence-corrected chi connectivity index (χ0v) is 10.0. The normalized spacial score (nSPS) is 10.6. The number of hydrogen-bond acceptors (Lipinski definition) is 5. The van der Waals surface area contributed by atoms with Crippen LogP contribution in [0.25, 0.3) is 10.9 Å². The molecule has 0 saturated carbocycles. The first-order valence-electron chi connectivity index (χ1n) is 5.31. The van der Waals surface area contributed by atoms with Gasteiger partial charge in [0.15, 0.2) is 5.78 Å². The Balaban J connectivity index is 2.65. The number of hydrogen-bond donors (Lipinski definition) is 1. The molecule has 6 heteroatoms. The van der Waals surface area contributed by atoms with Crippen LogP contribution in [-0.2, 0) is 16.1 Å². The van der Waals surface area contributed by atoms with E-state index in [2.05, 4.69) is 9.84 Å². The Morgan fingerprint density at radius 2 is 2.17 bits per heavy atom. The Hall–Kier alpha value is -2.37. The molecule has 0 fully saturated rings. The predicted octanol–water partition coefficient (Wildman–Crippen LogP) is 1.12. The third kappa shape index (κ3) is 1.92. The van der Waals surface area contributed by atoms with Crippen LogP contribution in [0.1, 0.15) is 17.4 Å². The maximum Gasteiger partial charge on any atom is 0.327 e. The SMILES string of the molecule is COC(=O)Cn1nc(C(C)=O)c2c(O)cccc21. The number of Topliss-reactive ketones (excluding diaryl/α,β-unsaturated/α-hetero) is 1. The van der Waals surface area contributed by atoms with E-state index in [9.17, 15) is 14.7 Å². The van der Waals surface area contributed by atoms with E-state index in [0.29, 0.717) is 10.9 Å². The van der Waals surface area contributed by atoms with Gasteiger partial charge in [-0.2, -0.15) is 5.10 Å². The van der Waals surface area contributed by atoms with Gasteiger partial charge in [-0.3, -0.25) is 14.3 Å². The lowest BCUT2D eigenvalue weighted by molar-refractivity contribution is -0.141. The Labute approximate surface area is 103 Å². The number of phenols is 1. The van der Waals surface area contributed by atoms with Crippen molar-refractivity contribution in [3.05, 3.63) is 23.9 Å². The minimum absolute atomic E-state index is 0.0335. The maximum absolute atomic E-state index is 11.5. The van der Waals surface area contributed by atoms with E-state index in [4.69, 9.17) is 0 Å². The van der Waals surface area contributed by atoms with Crippen LogP contribution in [0.4, 0.5) is 0 Å². The molecule has 1 aromatic carbocycles. The molecular weight excluding hydrogens is 236 g/mol. The molecule has 0 aliphatic heterocycles. The van der Waals surface area contributed by atoms with E-state index in [1.54, 1.807) is 12.1 Å². The van der Waals surface area contributed by atoms with Crippen molar-refractivity contribution in [3.8, 4) is 5.75 Å². The average molecular weight is 248 g/mol.